The fourth-order valence-corrected chi connectivity index (χ4v) is 3.14. The van der Waals surface area contributed by atoms with E-state index >= 15 is 0 Å². The molecular formula is C17H12F3NO2S. The molecule has 3 aromatic rings. The van der Waals surface area contributed by atoms with Crippen molar-refractivity contribution >= 4 is 21.6 Å². The Bertz CT molecular complexity index is 973. The second-order valence-electron chi connectivity index (χ2n) is 5.25. The summed E-state index contributed by atoms with van der Waals surface area (Å²) in [6.45, 7) is 0. The summed E-state index contributed by atoms with van der Waals surface area (Å²) in [5, 5.41) is 0.371. The minimum Gasteiger partial charge on any atom is -0.256 e. The monoisotopic (exact) mass is 351 g/mol. The van der Waals surface area contributed by atoms with Crippen LogP contribution in [0.15, 0.2) is 54.7 Å². The SMILES string of the molecule is O=[SH](=O)Cc1cccc(-c2ccnc3c(C(F)(F)F)cccc23)c1. The summed E-state index contributed by atoms with van der Waals surface area (Å²) >= 11 is 0. The number of hydrogen-bond acceptors (Lipinski definition) is 3. The van der Waals surface area contributed by atoms with Gasteiger partial charge in [0.15, 0.2) is 0 Å². The Morgan fingerprint density at radius 3 is 2.46 bits per heavy atom. The first kappa shape index (κ1) is 16.4. The van der Waals surface area contributed by atoms with Gasteiger partial charge in [-0.05, 0) is 28.8 Å². The van der Waals surface area contributed by atoms with Crippen molar-refractivity contribution in [3.63, 3.8) is 0 Å². The maximum absolute atomic E-state index is 13.2. The molecule has 0 atom stereocenters. The number of aromatic nitrogens is 1. The van der Waals surface area contributed by atoms with Crippen molar-refractivity contribution in [3.05, 3.63) is 65.9 Å². The summed E-state index contributed by atoms with van der Waals surface area (Å²) in [4.78, 5) is 3.89. The van der Waals surface area contributed by atoms with Crippen LogP contribution < -0.4 is 0 Å². The van der Waals surface area contributed by atoms with E-state index in [9.17, 15) is 21.6 Å². The lowest BCUT2D eigenvalue weighted by molar-refractivity contribution is -0.136. The number of fused-ring (bicyclic) bond motifs is 1. The summed E-state index contributed by atoms with van der Waals surface area (Å²) in [6, 6.07) is 12.3. The second kappa shape index (κ2) is 6.24. The molecule has 124 valence electrons. The van der Waals surface area contributed by atoms with Crippen LogP contribution >= 0.6 is 0 Å². The van der Waals surface area contributed by atoms with Gasteiger partial charge in [-0.2, -0.15) is 13.2 Å². The average molecular weight is 351 g/mol. The van der Waals surface area contributed by atoms with Gasteiger partial charge in [-0.15, -0.1) is 0 Å². The number of nitrogens with zero attached hydrogens (tertiary/aromatic N) is 1. The van der Waals surface area contributed by atoms with Crippen LogP contribution in [0.4, 0.5) is 13.2 Å². The minimum absolute atomic E-state index is 0.111. The number of benzene rings is 2. The smallest absolute Gasteiger partial charge is 0.256 e. The van der Waals surface area contributed by atoms with E-state index in [1.54, 1.807) is 36.4 Å². The third kappa shape index (κ3) is 3.26. The number of para-hydroxylation sites is 1. The summed E-state index contributed by atoms with van der Waals surface area (Å²) in [6.07, 6.45) is -3.17. The molecule has 24 heavy (non-hydrogen) atoms. The topological polar surface area (TPSA) is 47.0 Å². The number of thiol groups is 1. The molecule has 0 spiro atoms. The Kier molecular flexibility index (Phi) is 4.28. The van der Waals surface area contributed by atoms with Crippen molar-refractivity contribution in [1.82, 2.24) is 4.98 Å². The Morgan fingerprint density at radius 1 is 1.00 bits per heavy atom. The average Bonchev–Trinajstić information content (AvgIpc) is 2.52. The van der Waals surface area contributed by atoms with Gasteiger partial charge in [0.25, 0.3) is 0 Å². The number of halogens is 3. The van der Waals surface area contributed by atoms with E-state index in [1.807, 2.05) is 0 Å². The molecule has 0 aliphatic rings. The van der Waals surface area contributed by atoms with Gasteiger partial charge in [0.1, 0.15) is 10.7 Å². The van der Waals surface area contributed by atoms with Crippen molar-refractivity contribution in [2.75, 3.05) is 0 Å². The van der Waals surface area contributed by atoms with E-state index in [0.29, 0.717) is 22.1 Å². The van der Waals surface area contributed by atoms with E-state index in [0.717, 1.165) is 6.07 Å². The lowest BCUT2D eigenvalue weighted by Gasteiger charge is -2.12. The molecule has 0 aliphatic heterocycles. The number of pyridine rings is 1. The lowest BCUT2D eigenvalue weighted by atomic mass is 9.98. The molecule has 7 heteroatoms. The van der Waals surface area contributed by atoms with Crippen LogP contribution in [0.25, 0.3) is 22.0 Å². The minimum atomic E-state index is -4.49. The highest BCUT2D eigenvalue weighted by Gasteiger charge is 2.33. The van der Waals surface area contributed by atoms with Crippen molar-refractivity contribution in [2.45, 2.75) is 11.9 Å². The zero-order valence-corrected chi connectivity index (χ0v) is 13.1. The summed E-state index contributed by atoms with van der Waals surface area (Å²) in [7, 11) is -2.57. The molecule has 2 aromatic carbocycles. The molecule has 0 aliphatic carbocycles. The van der Waals surface area contributed by atoms with Crippen molar-refractivity contribution in [3.8, 4) is 11.1 Å². The maximum Gasteiger partial charge on any atom is 0.418 e. The van der Waals surface area contributed by atoms with Gasteiger partial charge >= 0.3 is 6.18 Å². The van der Waals surface area contributed by atoms with Crippen molar-refractivity contribution in [2.24, 2.45) is 0 Å². The molecule has 0 saturated heterocycles. The quantitative estimate of drug-likeness (QED) is 0.725. The highest BCUT2D eigenvalue weighted by atomic mass is 32.2. The molecular weight excluding hydrogens is 339 g/mol. The zero-order chi connectivity index (χ0) is 17.3. The fourth-order valence-electron chi connectivity index (χ4n) is 2.64. The molecule has 0 radical (unpaired) electrons. The third-order valence-corrected chi connectivity index (χ3v) is 4.25. The summed E-state index contributed by atoms with van der Waals surface area (Å²) in [5.41, 5.74) is 0.897. The van der Waals surface area contributed by atoms with E-state index in [2.05, 4.69) is 4.98 Å². The van der Waals surface area contributed by atoms with Crippen LogP contribution in [0.1, 0.15) is 11.1 Å². The molecule has 0 unspecified atom stereocenters. The fraction of sp³-hybridized carbons (Fsp3) is 0.118. The van der Waals surface area contributed by atoms with E-state index in [4.69, 9.17) is 0 Å². The molecule has 3 nitrogen and oxygen atoms in total. The predicted octanol–water partition coefficient (Wildman–Crippen LogP) is 4.03. The van der Waals surface area contributed by atoms with Crippen molar-refractivity contribution < 1.29 is 21.6 Å². The summed E-state index contributed by atoms with van der Waals surface area (Å²) in [5.74, 6) is -0.111. The van der Waals surface area contributed by atoms with Crippen molar-refractivity contribution in [1.29, 1.82) is 0 Å². The zero-order valence-electron chi connectivity index (χ0n) is 12.2. The van der Waals surface area contributed by atoms with Crippen LogP contribution in [-0.2, 0) is 22.6 Å². The standard InChI is InChI=1S/C17H12F3NO2S/c18-17(19,20)15-6-2-5-14-13(7-8-21-16(14)15)12-4-1-3-11(9-12)10-24(22)23/h1-9,24H,10H2. The van der Waals surface area contributed by atoms with Gasteiger partial charge in [0.2, 0.25) is 0 Å². The van der Waals surface area contributed by atoms with Gasteiger partial charge < -0.3 is 0 Å². The first-order valence-electron chi connectivity index (χ1n) is 7.02. The highest BCUT2D eigenvalue weighted by molar-refractivity contribution is 7.71. The van der Waals surface area contributed by atoms with Crippen LogP contribution in [0.3, 0.4) is 0 Å². The lowest BCUT2D eigenvalue weighted by Crippen LogP contribution is -2.06. The van der Waals surface area contributed by atoms with E-state index < -0.39 is 22.4 Å². The molecule has 0 bridgehead atoms. The van der Waals surface area contributed by atoms with Gasteiger partial charge in [0, 0.05) is 11.6 Å². The Morgan fingerprint density at radius 2 is 1.75 bits per heavy atom. The molecule has 0 fully saturated rings. The Labute approximate surface area is 137 Å². The highest BCUT2D eigenvalue weighted by Crippen LogP contribution is 2.36. The van der Waals surface area contributed by atoms with Crippen LogP contribution in [0, 0.1) is 0 Å². The molecule has 1 heterocycles. The second-order valence-corrected chi connectivity index (χ2v) is 6.23. The molecule has 1 aromatic heterocycles. The van der Waals surface area contributed by atoms with Crippen LogP contribution in [0.2, 0.25) is 0 Å². The van der Waals surface area contributed by atoms with Crippen LogP contribution in [-0.4, -0.2) is 13.4 Å². The number of hydrogen-bond donors (Lipinski definition) is 1. The largest absolute Gasteiger partial charge is 0.418 e. The van der Waals surface area contributed by atoms with E-state index in [1.165, 1.54) is 12.3 Å². The summed E-state index contributed by atoms with van der Waals surface area (Å²) < 4.78 is 61.2. The van der Waals surface area contributed by atoms with Crippen LogP contribution in [0.5, 0.6) is 0 Å². The van der Waals surface area contributed by atoms with E-state index in [-0.39, 0.29) is 11.3 Å². The predicted molar refractivity (Wildman–Crippen MR) is 86.2 cm³/mol. The first-order valence-corrected chi connectivity index (χ1v) is 8.38. The Balaban J connectivity index is 2.21. The Hall–Kier alpha value is -2.41. The number of rotatable bonds is 3. The van der Waals surface area contributed by atoms with Gasteiger partial charge in [0.05, 0.1) is 16.8 Å². The number of alkyl halides is 3. The third-order valence-electron chi connectivity index (χ3n) is 3.63. The molecule has 0 saturated carbocycles. The van der Waals surface area contributed by atoms with Gasteiger partial charge in [-0.3, -0.25) is 4.98 Å². The maximum atomic E-state index is 13.2. The molecule has 0 N–H and O–H groups in total. The normalized spacial score (nSPS) is 12.0. The first-order chi connectivity index (χ1) is 11.4. The molecule has 0 amide bonds. The van der Waals surface area contributed by atoms with Gasteiger partial charge in [-0.25, -0.2) is 8.42 Å². The molecule has 3 rings (SSSR count). The van der Waals surface area contributed by atoms with Gasteiger partial charge in [-0.1, -0.05) is 36.4 Å².